The van der Waals surface area contributed by atoms with Gasteiger partial charge in [-0.1, -0.05) is 13.8 Å². The molecule has 1 aromatic carbocycles. The van der Waals surface area contributed by atoms with Gasteiger partial charge in [-0.05, 0) is 28.1 Å². The molecule has 4 heteroatoms. The van der Waals surface area contributed by atoms with Gasteiger partial charge in [-0.2, -0.15) is 0 Å². The maximum absolute atomic E-state index is 13.1. The Labute approximate surface area is 89.9 Å². The fourth-order valence-electron chi connectivity index (χ4n) is 1.06. The minimum atomic E-state index is -0.549. The first-order chi connectivity index (χ1) is 6.45. The Morgan fingerprint density at radius 3 is 2.57 bits per heavy atom. The number of halogens is 2. The molecule has 0 fully saturated rings. The van der Waals surface area contributed by atoms with Crippen molar-refractivity contribution in [2.24, 2.45) is 5.92 Å². The lowest BCUT2D eigenvalue weighted by molar-refractivity contribution is 0.0935. The summed E-state index contributed by atoms with van der Waals surface area (Å²) < 4.78 is 13.1. The van der Waals surface area contributed by atoms with Gasteiger partial charge in [-0.15, -0.1) is 0 Å². The van der Waals surface area contributed by atoms with Crippen LogP contribution in [0.3, 0.4) is 0 Å². The highest BCUT2D eigenvalue weighted by Gasteiger charge is 2.20. The SMILES string of the molecule is CC(C)C(=O)c1c(O)ccc(F)c1Br. The van der Waals surface area contributed by atoms with E-state index in [1.54, 1.807) is 13.8 Å². The first-order valence-electron chi connectivity index (χ1n) is 4.16. The van der Waals surface area contributed by atoms with Crippen molar-refractivity contribution in [1.82, 2.24) is 0 Å². The van der Waals surface area contributed by atoms with Gasteiger partial charge in [0.1, 0.15) is 11.6 Å². The van der Waals surface area contributed by atoms with Crippen LogP contribution in [0.2, 0.25) is 0 Å². The molecule has 0 saturated carbocycles. The van der Waals surface area contributed by atoms with Crippen LogP contribution in [0.15, 0.2) is 16.6 Å². The summed E-state index contributed by atoms with van der Waals surface area (Å²) in [5.74, 6) is -1.31. The predicted molar refractivity (Wildman–Crippen MR) is 54.9 cm³/mol. The molecule has 0 aliphatic rings. The number of rotatable bonds is 2. The van der Waals surface area contributed by atoms with Crippen LogP contribution >= 0.6 is 15.9 Å². The number of phenolic OH excluding ortho intramolecular Hbond substituents is 1. The second-order valence-corrected chi connectivity index (χ2v) is 4.07. The molecule has 0 aliphatic heterocycles. The first-order valence-corrected chi connectivity index (χ1v) is 4.95. The van der Waals surface area contributed by atoms with Gasteiger partial charge >= 0.3 is 0 Å². The molecule has 1 rings (SSSR count). The fraction of sp³-hybridized carbons (Fsp3) is 0.300. The molecule has 0 saturated heterocycles. The Bertz CT molecular complexity index is 375. The van der Waals surface area contributed by atoms with E-state index in [-0.39, 0.29) is 27.5 Å². The third kappa shape index (κ3) is 1.95. The number of hydrogen-bond acceptors (Lipinski definition) is 2. The van der Waals surface area contributed by atoms with Crippen LogP contribution in [0.1, 0.15) is 24.2 Å². The van der Waals surface area contributed by atoms with E-state index in [2.05, 4.69) is 15.9 Å². The summed E-state index contributed by atoms with van der Waals surface area (Å²) in [5, 5.41) is 9.42. The maximum atomic E-state index is 13.1. The Morgan fingerprint density at radius 1 is 1.50 bits per heavy atom. The number of carbonyl (C=O) groups excluding carboxylic acids is 1. The number of benzene rings is 1. The summed E-state index contributed by atoms with van der Waals surface area (Å²) in [6.45, 7) is 3.39. The van der Waals surface area contributed by atoms with Crippen LogP contribution in [0.5, 0.6) is 5.75 Å². The molecule has 0 aliphatic carbocycles. The van der Waals surface area contributed by atoms with Crippen molar-refractivity contribution in [2.45, 2.75) is 13.8 Å². The molecule has 0 radical (unpaired) electrons. The van der Waals surface area contributed by atoms with Crippen molar-refractivity contribution in [1.29, 1.82) is 0 Å². The summed E-state index contributed by atoms with van der Waals surface area (Å²) in [7, 11) is 0. The quantitative estimate of drug-likeness (QED) is 0.830. The zero-order chi connectivity index (χ0) is 10.9. The fourth-order valence-corrected chi connectivity index (χ4v) is 1.59. The first kappa shape index (κ1) is 11.2. The minimum absolute atomic E-state index is 0.0139. The van der Waals surface area contributed by atoms with Gasteiger partial charge in [0.05, 0.1) is 10.0 Å². The van der Waals surface area contributed by atoms with Gasteiger partial charge in [0.15, 0.2) is 5.78 Å². The van der Waals surface area contributed by atoms with Crippen molar-refractivity contribution >= 4 is 21.7 Å². The van der Waals surface area contributed by atoms with E-state index in [0.29, 0.717) is 0 Å². The molecule has 0 heterocycles. The number of phenols is 1. The van der Waals surface area contributed by atoms with E-state index in [0.717, 1.165) is 6.07 Å². The highest BCUT2D eigenvalue weighted by molar-refractivity contribution is 9.10. The third-order valence-electron chi connectivity index (χ3n) is 1.84. The van der Waals surface area contributed by atoms with Crippen molar-refractivity contribution in [2.75, 3.05) is 0 Å². The number of carbonyl (C=O) groups is 1. The average molecular weight is 261 g/mol. The lowest BCUT2D eigenvalue weighted by Gasteiger charge is -2.09. The number of ketones is 1. The van der Waals surface area contributed by atoms with Crippen LogP contribution in [-0.2, 0) is 0 Å². The molecule has 0 spiro atoms. The van der Waals surface area contributed by atoms with E-state index in [1.165, 1.54) is 6.07 Å². The van der Waals surface area contributed by atoms with Crippen LogP contribution in [0.25, 0.3) is 0 Å². The lowest BCUT2D eigenvalue weighted by atomic mass is 10.0. The maximum Gasteiger partial charge on any atom is 0.170 e. The van der Waals surface area contributed by atoms with Gasteiger partial charge < -0.3 is 5.11 Å². The summed E-state index contributed by atoms with van der Waals surface area (Å²) in [6.07, 6.45) is 0. The molecule has 2 nitrogen and oxygen atoms in total. The molecule has 0 atom stereocenters. The van der Waals surface area contributed by atoms with Crippen molar-refractivity contribution in [3.8, 4) is 5.75 Å². The highest BCUT2D eigenvalue weighted by Crippen LogP contribution is 2.30. The highest BCUT2D eigenvalue weighted by atomic mass is 79.9. The molecule has 1 N–H and O–H groups in total. The molecule has 76 valence electrons. The van der Waals surface area contributed by atoms with Crippen LogP contribution in [0.4, 0.5) is 4.39 Å². The average Bonchev–Trinajstić information content (AvgIpc) is 2.12. The van der Waals surface area contributed by atoms with Gasteiger partial charge in [0.2, 0.25) is 0 Å². The second-order valence-electron chi connectivity index (χ2n) is 3.27. The van der Waals surface area contributed by atoms with Crippen LogP contribution in [-0.4, -0.2) is 10.9 Å². The molecule has 0 unspecified atom stereocenters. The number of aromatic hydroxyl groups is 1. The van der Waals surface area contributed by atoms with Gasteiger partial charge in [0.25, 0.3) is 0 Å². The van der Waals surface area contributed by atoms with E-state index in [1.807, 2.05) is 0 Å². The zero-order valence-corrected chi connectivity index (χ0v) is 9.43. The van der Waals surface area contributed by atoms with Crippen molar-refractivity contribution in [3.05, 3.63) is 28.0 Å². The van der Waals surface area contributed by atoms with E-state index < -0.39 is 5.82 Å². The number of Topliss-reactive ketones (excluding diaryl/α,β-unsaturated/α-hetero) is 1. The third-order valence-corrected chi connectivity index (χ3v) is 2.62. The largest absolute Gasteiger partial charge is 0.507 e. The Balaban J connectivity index is 3.33. The summed E-state index contributed by atoms with van der Waals surface area (Å²) in [4.78, 5) is 11.6. The monoisotopic (exact) mass is 260 g/mol. The summed E-state index contributed by atoms with van der Waals surface area (Å²) in [6, 6.07) is 2.28. The molecule has 0 amide bonds. The van der Waals surface area contributed by atoms with Crippen LogP contribution in [0, 0.1) is 11.7 Å². The smallest absolute Gasteiger partial charge is 0.170 e. The van der Waals surface area contributed by atoms with E-state index in [9.17, 15) is 14.3 Å². The number of hydrogen-bond donors (Lipinski definition) is 1. The van der Waals surface area contributed by atoms with Crippen molar-refractivity contribution in [3.63, 3.8) is 0 Å². The molecule has 1 aromatic rings. The molecule has 14 heavy (non-hydrogen) atoms. The Hall–Kier alpha value is -0.900. The summed E-state index contributed by atoms with van der Waals surface area (Å²) in [5.41, 5.74) is 0.0139. The normalized spacial score (nSPS) is 10.6. The predicted octanol–water partition coefficient (Wildman–Crippen LogP) is 3.13. The van der Waals surface area contributed by atoms with Crippen molar-refractivity contribution < 1.29 is 14.3 Å². The zero-order valence-electron chi connectivity index (χ0n) is 7.84. The minimum Gasteiger partial charge on any atom is -0.507 e. The topological polar surface area (TPSA) is 37.3 Å². The summed E-state index contributed by atoms with van der Waals surface area (Å²) >= 11 is 2.94. The lowest BCUT2D eigenvalue weighted by Crippen LogP contribution is -2.09. The Kier molecular flexibility index (Phi) is 3.26. The molecule has 0 bridgehead atoms. The van der Waals surface area contributed by atoms with Crippen LogP contribution < -0.4 is 0 Å². The van der Waals surface area contributed by atoms with E-state index in [4.69, 9.17) is 0 Å². The van der Waals surface area contributed by atoms with E-state index >= 15 is 0 Å². The molecule has 0 aromatic heterocycles. The Morgan fingerprint density at radius 2 is 2.07 bits per heavy atom. The molecular weight excluding hydrogens is 251 g/mol. The van der Waals surface area contributed by atoms with Gasteiger partial charge in [-0.25, -0.2) is 4.39 Å². The standard InChI is InChI=1S/C10H10BrFO2/c1-5(2)10(14)8-7(13)4-3-6(12)9(8)11/h3-5,13H,1-2H3. The van der Waals surface area contributed by atoms with Gasteiger partial charge in [0, 0.05) is 5.92 Å². The van der Waals surface area contributed by atoms with Gasteiger partial charge in [-0.3, -0.25) is 4.79 Å². The second kappa shape index (κ2) is 4.09. The molecular formula is C10H10BrFO2.